The molecule has 106 heavy (non-hydrogen) atoms. The minimum Gasteiger partial charge on any atom is -0.464 e. The number of hydrogen-bond donors (Lipinski definition) is 0. The molecule has 6 aromatic carbocycles. The smallest absolute Gasteiger partial charge is 0.306 e. The number of nitrogens with zero attached hydrogens (tertiary/aromatic N) is 3. The van der Waals surface area contributed by atoms with Crippen molar-refractivity contribution in [2.24, 2.45) is 35.5 Å². The van der Waals surface area contributed by atoms with Crippen LogP contribution in [0.25, 0.3) is 32.9 Å². The zero-order valence-corrected chi connectivity index (χ0v) is 66.9. The van der Waals surface area contributed by atoms with Gasteiger partial charge in [0, 0.05) is 68.3 Å². The van der Waals surface area contributed by atoms with Crippen molar-refractivity contribution in [3.8, 4) is 0 Å². The number of benzene rings is 6. The molecule has 0 aliphatic heterocycles. The molecule has 0 aliphatic carbocycles. The SMILES string of the molecule is CC(C)CN(CC[C@@H](CC(=O)OC(C)(C)C)Cc1ccccc1)S(=O)(=O)c1ccc2occc2c1.CC(C)CN(CC[C@@H](COCc1ccccc1)CC(=O)OC(C)(C)C)S(=O)(=O)c1ccc2occc2c1.CC(C)CN(C[C@@H](CC(=O)OC(C)(C)C)Cc1ccccc1)S(=O)(=O)c1ccc2occc2c1. The monoisotopic (exact) mass is 1510 g/mol. The van der Waals surface area contributed by atoms with Crippen molar-refractivity contribution in [1.82, 2.24) is 12.9 Å². The van der Waals surface area contributed by atoms with Crippen LogP contribution in [-0.2, 0) is 82.8 Å². The first-order valence-corrected chi connectivity index (χ1v) is 40.9. The third-order valence-corrected chi connectivity index (χ3v) is 22.3. The van der Waals surface area contributed by atoms with Crippen LogP contribution in [0.3, 0.4) is 0 Å². The van der Waals surface area contributed by atoms with Crippen LogP contribution in [0.1, 0.15) is 153 Å². The summed E-state index contributed by atoms with van der Waals surface area (Å²) in [4.78, 5) is 38.7. The van der Waals surface area contributed by atoms with Crippen LogP contribution in [0.5, 0.6) is 0 Å². The molecular formula is C84H111N3O16S3. The summed E-state index contributed by atoms with van der Waals surface area (Å²) in [5.74, 6) is -0.975. The van der Waals surface area contributed by atoms with Crippen molar-refractivity contribution >= 4 is 80.9 Å². The van der Waals surface area contributed by atoms with Crippen LogP contribution in [0.15, 0.2) is 211 Å². The molecule has 0 fully saturated rings. The molecule has 9 aromatic rings. The van der Waals surface area contributed by atoms with Crippen molar-refractivity contribution in [3.63, 3.8) is 0 Å². The van der Waals surface area contributed by atoms with Gasteiger partial charge in [-0.15, -0.1) is 0 Å². The maximum atomic E-state index is 13.7. The summed E-state index contributed by atoms with van der Waals surface area (Å²) >= 11 is 0. The van der Waals surface area contributed by atoms with Crippen molar-refractivity contribution < 1.29 is 71.8 Å². The predicted molar refractivity (Wildman–Crippen MR) is 417 cm³/mol. The normalized spacial score (nSPS) is 13.4. The first-order chi connectivity index (χ1) is 49.8. The lowest BCUT2D eigenvalue weighted by molar-refractivity contribution is -0.157. The van der Waals surface area contributed by atoms with Gasteiger partial charge >= 0.3 is 17.9 Å². The summed E-state index contributed by atoms with van der Waals surface area (Å²) in [6.45, 7) is 31.2. The molecule has 0 bridgehead atoms. The highest BCUT2D eigenvalue weighted by atomic mass is 32.2. The van der Waals surface area contributed by atoms with Gasteiger partial charge in [0.15, 0.2) is 0 Å². The fraction of sp³-hybridized carbons (Fsp3) is 0.464. The maximum Gasteiger partial charge on any atom is 0.306 e. The average Bonchev–Trinajstić information content (AvgIpc) is 1.33. The lowest BCUT2D eigenvalue weighted by atomic mass is 9.93. The lowest BCUT2D eigenvalue weighted by Crippen LogP contribution is -2.39. The van der Waals surface area contributed by atoms with Crippen LogP contribution < -0.4 is 0 Å². The number of fused-ring (bicyclic) bond motifs is 3. The molecule has 576 valence electrons. The fourth-order valence-electron chi connectivity index (χ4n) is 12.2. The lowest BCUT2D eigenvalue weighted by Gasteiger charge is -2.29. The third kappa shape index (κ3) is 28.0. The molecule has 22 heteroatoms. The van der Waals surface area contributed by atoms with E-state index in [0.29, 0.717) is 81.8 Å². The van der Waals surface area contributed by atoms with E-state index in [0.717, 1.165) is 32.8 Å². The van der Waals surface area contributed by atoms with Gasteiger partial charge in [-0.05, 0) is 213 Å². The molecule has 0 N–H and O–H groups in total. The molecule has 19 nitrogen and oxygen atoms in total. The first-order valence-electron chi connectivity index (χ1n) is 36.6. The van der Waals surface area contributed by atoms with Crippen molar-refractivity contribution in [3.05, 3.63) is 199 Å². The van der Waals surface area contributed by atoms with Gasteiger partial charge in [-0.2, -0.15) is 12.9 Å². The van der Waals surface area contributed by atoms with Crippen LogP contribution in [0, 0.1) is 35.5 Å². The number of carbonyl (C=O) groups is 3. The minimum atomic E-state index is -3.78. The minimum absolute atomic E-state index is 0.0477. The van der Waals surface area contributed by atoms with Crippen LogP contribution in [0.4, 0.5) is 0 Å². The van der Waals surface area contributed by atoms with Gasteiger partial charge < -0.3 is 32.2 Å². The van der Waals surface area contributed by atoms with Crippen LogP contribution in [-0.4, -0.2) is 119 Å². The Kier molecular flexibility index (Phi) is 31.2. The quantitative estimate of drug-likeness (QED) is 0.0269. The van der Waals surface area contributed by atoms with Gasteiger partial charge in [0.25, 0.3) is 0 Å². The van der Waals surface area contributed by atoms with E-state index in [-0.39, 0.29) is 100 Å². The molecule has 0 amide bonds. The molecule has 3 aromatic heterocycles. The Morgan fingerprint density at radius 3 is 1.05 bits per heavy atom. The van der Waals surface area contributed by atoms with Gasteiger partial charge in [-0.1, -0.05) is 133 Å². The molecule has 0 radical (unpaired) electrons. The molecular weight excluding hydrogens is 1400 g/mol. The first kappa shape index (κ1) is 85.3. The molecule has 3 atom stereocenters. The topological polar surface area (TPSA) is 240 Å². The summed E-state index contributed by atoms with van der Waals surface area (Å²) in [7, 11) is -11.2. The van der Waals surface area contributed by atoms with E-state index in [1.54, 1.807) is 95.9 Å². The van der Waals surface area contributed by atoms with E-state index >= 15 is 0 Å². The molecule has 0 aliphatic rings. The van der Waals surface area contributed by atoms with E-state index in [9.17, 15) is 39.6 Å². The van der Waals surface area contributed by atoms with Gasteiger partial charge in [0.2, 0.25) is 30.1 Å². The van der Waals surface area contributed by atoms with E-state index in [1.165, 1.54) is 8.61 Å². The largest absolute Gasteiger partial charge is 0.464 e. The summed E-state index contributed by atoms with van der Waals surface area (Å²) < 4.78 is 125. The van der Waals surface area contributed by atoms with Gasteiger partial charge in [0.1, 0.15) is 33.6 Å². The standard InChI is InChI=1S/C29H39NO6S.C28H37NO5S.C27H35NO5S/c1-22(2)19-30(37(32,33)26-11-12-27-25(18-26)14-16-35-27)15-13-24(17-28(31)36-29(3,4)5)21-34-20-23-9-7-6-8-10-23;1-21(2)20-29(35(31,32)25-11-12-26-24(19-25)14-16-33-26)15-13-23(17-22-9-7-6-8-10-22)18-27(30)34-28(3,4)5;1-20(2)18-28(34(30,31)24-11-12-25-23(17-24)13-14-32-25)19-22(15-21-9-7-6-8-10-21)16-26(29)33-27(3,4)5/h6-12,14,16,18,22,24H,13,15,17,19-21H2,1-5H3;6-12,14,16,19,21,23H,13,15,17-18,20H2,1-5H3;6-14,17,20,22H,15-16,18-19H2,1-5H3/t24-;23-;22-/m111/s1. The predicted octanol–water partition coefficient (Wildman–Crippen LogP) is 17.8. The Morgan fingerprint density at radius 1 is 0.377 bits per heavy atom. The summed E-state index contributed by atoms with van der Waals surface area (Å²) in [6, 6.07) is 49.6. The van der Waals surface area contributed by atoms with Crippen molar-refractivity contribution in [2.45, 2.75) is 187 Å². The molecule has 3 heterocycles. The van der Waals surface area contributed by atoms with E-state index in [4.69, 9.17) is 32.2 Å². The molecule has 0 spiro atoms. The third-order valence-electron chi connectivity index (χ3n) is 16.8. The summed E-state index contributed by atoms with van der Waals surface area (Å²) in [5.41, 5.74) is 3.39. The summed E-state index contributed by atoms with van der Waals surface area (Å²) in [5, 5.41) is 2.23. The molecule has 0 saturated heterocycles. The second-order valence-electron chi connectivity index (χ2n) is 31.5. The average molecular weight is 1520 g/mol. The number of sulfonamides is 3. The van der Waals surface area contributed by atoms with E-state index in [2.05, 4.69) is 0 Å². The van der Waals surface area contributed by atoms with Crippen molar-refractivity contribution in [1.29, 1.82) is 0 Å². The zero-order chi connectivity index (χ0) is 77.6. The Labute approximate surface area is 629 Å². The molecule has 0 saturated carbocycles. The maximum absolute atomic E-state index is 13.7. The molecule has 0 unspecified atom stereocenters. The highest BCUT2D eigenvalue weighted by Crippen LogP contribution is 2.31. The van der Waals surface area contributed by atoms with E-state index < -0.39 is 46.9 Å². The molecule has 9 rings (SSSR count). The second-order valence-corrected chi connectivity index (χ2v) is 37.3. The van der Waals surface area contributed by atoms with Gasteiger partial charge in [-0.3, -0.25) is 14.4 Å². The fourth-order valence-corrected chi connectivity index (χ4v) is 17.2. The number of carbonyl (C=O) groups excluding carboxylic acids is 3. The van der Waals surface area contributed by atoms with Crippen molar-refractivity contribution in [2.75, 3.05) is 45.9 Å². The Bertz CT molecular complexity index is 4570. The number of hydrogen-bond acceptors (Lipinski definition) is 16. The highest BCUT2D eigenvalue weighted by molar-refractivity contribution is 7.89. The van der Waals surface area contributed by atoms with Gasteiger partial charge in [0.05, 0.1) is 53.1 Å². The zero-order valence-electron chi connectivity index (χ0n) is 64.5. The Balaban J connectivity index is 0.000000222. The van der Waals surface area contributed by atoms with Crippen LogP contribution >= 0.6 is 0 Å². The highest BCUT2D eigenvalue weighted by Gasteiger charge is 2.33. The van der Waals surface area contributed by atoms with Gasteiger partial charge in [-0.25, -0.2) is 25.3 Å². The Hall–Kier alpha value is -7.96. The number of rotatable bonds is 34. The number of ether oxygens (including phenoxy) is 4. The number of furan rings is 3. The van der Waals surface area contributed by atoms with Crippen LogP contribution in [0.2, 0.25) is 0 Å². The summed E-state index contributed by atoms with van der Waals surface area (Å²) in [6.07, 6.45) is 7.44. The van der Waals surface area contributed by atoms with E-state index in [1.807, 2.05) is 195 Å². The second kappa shape index (κ2) is 38.7. The number of esters is 3. The Morgan fingerprint density at radius 2 is 0.689 bits per heavy atom.